The van der Waals surface area contributed by atoms with Gasteiger partial charge in [-0.3, -0.25) is 14.5 Å². The second kappa shape index (κ2) is 6.23. The largest absolute Gasteiger partial charge is 0.462 e. The summed E-state index contributed by atoms with van der Waals surface area (Å²) < 4.78 is 18.2. The Morgan fingerprint density at radius 3 is 2.77 bits per heavy atom. The van der Waals surface area contributed by atoms with E-state index in [1.807, 2.05) is 0 Å². The number of methoxy groups -OCH3 is 1. The van der Waals surface area contributed by atoms with Crippen LogP contribution in [0.25, 0.3) is 0 Å². The van der Waals surface area contributed by atoms with Crippen molar-refractivity contribution in [1.29, 1.82) is 0 Å². The maximum atomic E-state index is 13.3. The highest BCUT2D eigenvalue weighted by Crippen LogP contribution is 2.77. The molecular weight excluding hydrogens is 398 g/mol. The van der Waals surface area contributed by atoms with Crippen LogP contribution in [-0.4, -0.2) is 72.1 Å². The normalized spacial score (nSPS) is 56.7. The third-order valence-corrected chi connectivity index (χ3v) is 10.4. The van der Waals surface area contributed by atoms with Crippen molar-refractivity contribution in [3.8, 4) is 0 Å². The lowest BCUT2D eigenvalue weighted by atomic mass is 9.42. The van der Waals surface area contributed by atoms with E-state index in [-0.39, 0.29) is 58.8 Å². The smallest absolute Gasteiger partial charge is 0.312 e. The summed E-state index contributed by atoms with van der Waals surface area (Å²) in [7, 11) is 1.79. The molecule has 0 amide bonds. The highest BCUT2D eigenvalue weighted by atomic mass is 16.6. The fourth-order valence-corrected chi connectivity index (χ4v) is 9.93. The molecule has 9 bridgehead atoms. The Kier molecular flexibility index (Phi) is 4.11. The molecule has 7 nitrogen and oxygen atoms in total. The molecule has 3 heterocycles. The molecule has 4 aliphatic carbocycles. The summed E-state index contributed by atoms with van der Waals surface area (Å²) >= 11 is 0. The minimum atomic E-state index is -1.21. The lowest BCUT2D eigenvalue weighted by Gasteiger charge is -2.69. The van der Waals surface area contributed by atoms with E-state index in [2.05, 4.69) is 18.7 Å². The number of carbonyl (C=O) groups is 2. The zero-order valence-corrected chi connectivity index (χ0v) is 19.0. The molecule has 11 atom stereocenters. The maximum absolute atomic E-state index is 13.3. The summed E-state index contributed by atoms with van der Waals surface area (Å²) in [5, 5.41) is 12.4. The monoisotopic (exact) mass is 433 g/mol. The molecular formula is C24H35NO6. The van der Waals surface area contributed by atoms with E-state index in [9.17, 15) is 14.7 Å². The Balaban J connectivity index is 1.66. The number of hydrogen-bond acceptors (Lipinski definition) is 7. The highest BCUT2D eigenvalue weighted by molar-refractivity contribution is 5.77. The van der Waals surface area contributed by atoms with Crippen LogP contribution in [0.3, 0.4) is 0 Å². The molecule has 3 aliphatic heterocycles. The molecule has 31 heavy (non-hydrogen) atoms. The van der Waals surface area contributed by atoms with Crippen LogP contribution in [0, 0.1) is 34.5 Å². The SMILES string of the molecule is CCN1CC2(C)CCC(OC)C34C5CC6CCC(O)(C5C(=O)O6)C(C(OC(C)=O)C23)C14. The Morgan fingerprint density at radius 1 is 1.32 bits per heavy atom. The first-order valence-electron chi connectivity index (χ1n) is 12.1. The molecule has 172 valence electrons. The molecule has 7 fully saturated rings. The van der Waals surface area contributed by atoms with Crippen LogP contribution in [0.5, 0.6) is 0 Å². The number of nitrogens with zero attached hydrogens (tertiary/aromatic N) is 1. The van der Waals surface area contributed by atoms with Crippen LogP contribution >= 0.6 is 0 Å². The summed E-state index contributed by atoms with van der Waals surface area (Å²) in [5.74, 6) is -1.36. The van der Waals surface area contributed by atoms with Crippen LogP contribution in [0.2, 0.25) is 0 Å². The van der Waals surface area contributed by atoms with E-state index in [4.69, 9.17) is 14.2 Å². The molecule has 0 aromatic carbocycles. The summed E-state index contributed by atoms with van der Waals surface area (Å²) in [4.78, 5) is 28.2. The van der Waals surface area contributed by atoms with Crippen molar-refractivity contribution in [2.24, 2.45) is 34.5 Å². The van der Waals surface area contributed by atoms with Gasteiger partial charge in [0.15, 0.2) is 0 Å². The number of esters is 2. The number of ether oxygens (including phenoxy) is 3. The molecule has 3 saturated heterocycles. The number of rotatable bonds is 3. The third kappa shape index (κ3) is 2.17. The minimum absolute atomic E-state index is 0.0167. The van der Waals surface area contributed by atoms with Crippen molar-refractivity contribution < 1.29 is 28.9 Å². The average molecular weight is 434 g/mol. The minimum Gasteiger partial charge on any atom is -0.462 e. The molecule has 0 aromatic rings. The van der Waals surface area contributed by atoms with Crippen LogP contribution < -0.4 is 0 Å². The first-order valence-corrected chi connectivity index (χ1v) is 12.1. The lowest BCUT2D eigenvalue weighted by molar-refractivity contribution is -0.269. The number of piperidine rings is 1. The summed E-state index contributed by atoms with van der Waals surface area (Å²) in [6.45, 7) is 7.79. The van der Waals surface area contributed by atoms with Crippen molar-refractivity contribution in [3.05, 3.63) is 0 Å². The van der Waals surface area contributed by atoms with Crippen LogP contribution in [0.1, 0.15) is 52.9 Å². The predicted molar refractivity (Wildman–Crippen MR) is 110 cm³/mol. The van der Waals surface area contributed by atoms with E-state index in [1.54, 1.807) is 7.11 Å². The third-order valence-electron chi connectivity index (χ3n) is 10.4. The molecule has 4 saturated carbocycles. The van der Waals surface area contributed by atoms with Gasteiger partial charge in [0.25, 0.3) is 0 Å². The van der Waals surface area contributed by atoms with E-state index < -0.39 is 17.6 Å². The van der Waals surface area contributed by atoms with Crippen molar-refractivity contribution in [2.45, 2.75) is 82.8 Å². The molecule has 7 heteroatoms. The molecule has 1 spiro atoms. The number of carbonyl (C=O) groups excluding carboxylic acids is 2. The van der Waals surface area contributed by atoms with Crippen molar-refractivity contribution >= 4 is 11.9 Å². The Bertz CT molecular complexity index is 833. The number of aliphatic hydroxyl groups is 1. The number of hydrogen-bond donors (Lipinski definition) is 1. The van der Waals surface area contributed by atoms with E-state index in [1.165, 1.54) is 6.92 Å². The van der Waals surface area contributed by atoms with Crippen LogP contribution in [-0.2, 0) is 23.8 Å². The topological polar surface area (TPSA) is 85.3 Å². The zero-order valence-electron chi connectivity index (χ0n) is 19.0. The summed E-state index contributed by atoms with van der Waals surface area (Å²) in [6, 6.07) is 0.0427. The average Bonchev–Trinajstić information content (AvgIpc) is 2.77. The van der Waals surface area contributed by atoms with E-state index >= 15 is 0 Å². The van der Waals surface area contributed by atoms with Crippen molar-refractivity contribution in [2.75, 3.05) is 20.2 Å². The van der Waals surface area contributed by atoms with Crippen LogP contribution in [0.4, 0.5) is 0 Å². The van der Waals surface area contributed by atoms with Crippen LogP contribution in [0.15, 0.2) is 0 Å². The Hall–Kier alpha value is -1.18. The molecule has 7 aliphatic rings. The Morgan fingerprint density at radius 2 is 2.10 bits per heavy atom. The van der Waals surface area contributed by atoms with Gasteiger partial charge in [0.1, 0.15) is 12.2 Å². The molecule has 1 N–H and O–H groups in total. The highest BCUT2D eigenvalue weighted by Gasteiger charge is 2.85. The van der Waals surface area contributed by atoms with Gasteiger partial charge in [-0.2, -0.15) is 0 Å². The molecule has 0 radical (unpaired) electrons. The number of likely N-dealkylation sites (tertiary alicyclic amines) is 1. The first-order chi connectivity index (χ1) is 14.7. The fourth-order valence-electron chi connectivity index (χ4n) is 9.93. The molecule has 7 rings (SSSR count). The first kappa shape index (κ1) is 20.4. The van der Waals surface area contributed by atoms with Gasteiger partial charge in [-0.15, -0.1) is 0 Å². The predicted octanol–water partition coefficient (Wildman–Crippen LogP) is 1.76. The van der Waals surface area contributed by atoms with Gasteiger partial charge in [0, 0.05) is 43.9 Å². The maximum Gasteiger partial charge on any atom is 0.312 e. The van der Waals surface area contributed by atoms with Gasteiger partial charge in [-0.1, -0.05) is 13.8 Å². The van der Waals surface area contributed by atoms with Gasteiger partial charge < -0.3 is 19.3 Å². The van der Waals surface area contributed by atoms with E-state index in [0.29, 0.717) is 12.8 Å². The zero-order chi connectivity index (χ0) is 21.9. The van der Waals surface area contributed by atoms with Gasteiger partial charge in [0.2, 0.25) is 0 Å². The summed E-state index contributed by atoms with van der Waals surface area (Å²) in [6.07, 6.45) is 3.36. The quantitative estimate of drug-likeness (QED) is 0.679. The molecule has 0 aromatic heterocycles. The second-order valence-corrected chi connectivity index (χ2v) is 11.4. The van der Waals surface area contributed by atoms with Gasteiger partial charge in [-0.25, -0.2) is 0 Å². The Labute approximate surface area is 183 Å². The fraction of sp³-hybridized carbons (Fsp3) is 0.917. The van der Waals surface area contributed by atoms with Crippen molar-refractivity contribution in [1.82, 2.24) is 4.90 Å². The van der Waals surface area contributed by atoms with Gasteiger partial charge in [0.05, 0.1) is 17.6 Å². The standard InChI is InChI=1S/C24H35NO6/c1-5-25-11-22(3)8-7-15(29-4)24-14-10-13-6-9-23(28,16(14)21(27)31-13)17(20(24)25)18(19(22)24)30-12(2)26/h13-20,28H,5-11H2,1-4H3. The van der Waals surface area contributed by atoms with Gasteiger partial charge >= 0.3 is 11.9 Å². The second-order valence-electron chi connectivity index (χ2n) is 11.4. The lowest BCUT2D eigenvalue weighted by Crippen LogP contribution is -2.76. The number of fused-ring (bicyclic) bond motifs is 2. The molecule has 11 unspecified atom stereocenters. The van der Waals surface area contributed by atoms with E-state index in [0.717, 1.165) is 32.4 Å². The van der Waals surface area contributed by atoms with Gasteiger partial charge in [-0.05, 0) is 50.0 Å². The summed E-state index contributed by atoms with van der Waals surface area (Å²) in [5.41, 5.74) is -1.58. The van der Waals surface area contributed by atoms with Crippen molar-refractivity contribution in [3.63, 3.8) is 0 Å².